The zero-order chi connectivity index (χ0) is 29.6. The molecule has 2 aromatic heterocycles. The number of ether oxygens (including phenoxy) is 2. The third-order valence-corrected chi connectivity index (χ3v) is 10.3. The fourth-order valence-electron chi connectivity index (χ4n) is 6.18. The highest BCUT2D eigenvalue weighted by molar-refractivity contribution is 8.03. The molecule has 3 aliphatic heterocycles. The van der Waals surface area contributed by atoms with Crippen molar-refractivity contribution in [3.8, 4) is 0 Å². The number of thiazole rings is 1. The molecule has 1 unspecified atom stereocenters. The molecule has 220 valence electrons. The van der Waals surface area contributed by atoms with Crippen molar-refractivity contribution in [1.82, 2.24) is 14.2 Å². The van der Waals surface area contributed by atoms with Gasteiger partial charge in [-0.3, -0.25) is 4.79 Å². The second-order valence-corrected chi connectivity index (χ2v) is 12.8. The van der Waals surface area contributed by atoms with E-state index in [1.807, 2.05) is 40.7 Å². The lowest BCUT2D eigenvalue weighted by Crippen LogP contribution is -2.63. The molecular weight excluding hydrogens is 568 g/mol. The third-order valence-electron chi connectivity index (χ3n) is 7.97. The van der Waals surface area contributed by atoms with Crippen molar-refractivity contribution in [2.24, 2.45) is 18.9 Å². The fraction of sp³-hybridized carbons (Fsp3) is 0.500. The lowest BCUT2D eigenvalue weighted by molar-refractivity contribution is -0.682. The van der Waals surface area contributed by atoms with Gasteiger partial charge < -0.3 is 29.5 Å². The topological polar surface area (TPSA) is 125 Å². The van der Waals surface area contributed by atoms with Gasteiger partial charge in [-0.1, -0.05) is 43.6 Å². The Hall–Kier alpha value is -3.13. The summed E-state index contributed by atoms with van der Waals surface area (Å²) in [5.41, 5.74) is 0.180. The Kier molecular flexibility index (Phi) is 8.33. The number of nitrogens with zero attached hydrogens (tertiary/aromatic N) is 4. The Morgan fingerprint density at radius 3 is 2.66 bits per heavy atom. The van der Waals surface area contributed by atoms with Crippen LogP contribution < -0.4 is 4.57 Å². The molecule has 5 heterocycles. The van der Waals surface area contributed by atoms with Crippen LogP contribution in [0.5, 0.6) is 0 Å². The molecule has 0 bridgehead atoms. The number of thioether (sulfide) groups is 1. The molecule has 2 saturated heterocycles. The number of aryl methyl sites for hydroxylation is 1. The number of carbonyl (C=O) groups excluding carboxylic acids is 3. The summed E-state index contributed by atoms with van der Waals surface area (Å²) in [7, 11) is 1.85. The minimum Gasteiger partial charge on any atom is -0.457 e. The Bertz CT molecular complexity index is 1420. The van der Waals surface area contributed by atoms with Gasteiger partial charge in [0.15, 0.2) is 6.10 Å². The molecule has 2 aromatic rings. The van der Waals surface area contributed by atoms with Crippen molar-refractivity contribution in [3.05, 3.63) is 59.5 Å². The molecule has 2 N–H and O–H groups in total. The number of carbonyl (C=O) groups is 3. The molecule has 3 aliphatic rings. The fourth-order valence-corrected chi connectivity index (χ4v) is 8.53. The minimum absolute atomic E-state index is 0.00675. The van der Waals surface area contributed by atoms with E-state index in [2.05, 4.69) is 13.2 Å². The molecule has 0 radical (unpaired) electrons. The quantitative estimate of drug-likeness (QED) is 0.183. The molecule has 0 spiro atoms. The summed E-state index contributed by atoms with van der Waals surface area (Å²) in [4.78, 5) is 43.9. The maximum atomic E-state index is 13.2. The van der Waals surface area contributed by atoms with Crippen LogP contribution in [-0.2, 0) is 26.1 Å². The van der Waals surface area contributed by atoms with Crippen molar-refractivity contribution in [1.29, 1.82) is 0 Å². The van der Waals surface area contributed by atoms with Crippen LogP contribution in [0.4, 0.5) is 4.79 Å². The first-order chi connectivity index (χ1) is 19.6. The Morgan fingerprint density at radius 2 is 1.98 bits per heavy atom. The third kappa shape index (κ3) is 4.98. The van der Waals surface area contributed by atoms with Crippen molar-refractivity contribution >= 4 is 45.9 Å². The number of hydrogen-bond acceptors (Lipinski definition) is 9. The highest BCUT2D eigenvalue weighted by Gasteiger charge is 2.60. The van der Waals surface area contributed by atoms with E-state index in [1.54, 1.807) is 18.3 Å². The number of amides is 2. The van der Waals surface area contributed by atoms with E-state index in [1.165, 1.54) is 33.7 Å². The van der Waals surface area contributed by atoms with Crippen molar-refractivity contribution in [2.75, 3.05) is 19.8 Å². The van der Waals surface area contributed by atoms with Crippen molar-refractivity contribution in [3.63, 3.8) is 0 Å². The lowest BCUT2D eigenvalue weighted by Gasteiger charge is -2.46. The number of aromatic nitrogens is 2. The van der Waals surface area contributed by atoms with Crippen LogP contribution in [0.25, 0.3) is 4.83 Å². The highest BCUT2D eigenvalue weighted by atomic mass is 32.2. The summed E-state index contributed by atoms with van der Waals surface area (Å²) in [6.07, 6.45) is 4.72. The standard InChI is InChI=1S/C28H35N4O7S2/c1-6-9-38-27(36)22-24(15(3)21-20(16(4)33)26(35)32(21)22)41-17-12-18(31(13-17)28(37)39-10-7-2)23(34)25-29(5)14-19-30(25)8-11-40-19/h6-8,11,14-18,20-21,23,33-34H,1-2,9-10,12-13H2,3-5H3/q+1/t15-,16-,17+,18+,20-,21-,23?/m1/s1. The second-order valence-electron chi connectivity index (χ2n) is 10.6. The number of rotatable bonds is 10. The molecule has 2 fully saturated rings. The number of hydrogen-bond donors (Lipinski definition) is 2. The van der Waals surface area contributed by atoms with Gasteiger partial charge in [0.2, 0.25) is 10.7 Å². The highest BCUT2D eigenvalue weighted by Crippen LogP contribution is 2.53. The van der Waals surface area contributed by atoms with E-state index in [0.717, 1.165) is 4.83 Å². The first kappa shape index (κ1) is 29.4. The molecule has 5 rings (SSSR count). The average Bonchev–Trinajstić information content (AvgIpc) is 3.67. The number of aliphatic hydroxyl groups excluding tert-OH is 2. The molecule has 11 nitrogen and oxygen atoms in total. The number of likely N-dealkylation sites (tertiary alicyclic amines) is 1. The molecule has 0 saturated carbocycles. The monoisotopic (exact) mass is 603 g/mol. The zero-order valence-corrected chi connectivity index (χ0v) is 24.8. The van der Waals surface area contributed by atoms with Crippen molar-refractivity contribution < 1.29 is 38.6 Å². The maximum absolute atomic E-state index is 13.2. The normalized spacial score (nSPS) is 27.0. The Balaban J connectivity index is 1.46. The largest absolute Gasteiger partial charge is 0.457 e. The van der Waals surface area contributed by atoms with Crippen LogP contribution in [0.2, 0.25) is 0 Å². The molecule has 7 atom stereocenters. The van der Waals surface area contributed by atoms with E-state index >= 15 is 0 Å². The number of β-lactam (4-membered cyclic amide) rings is 1. The lowest BCUT2D eigenvalue weighted by atomic mass is 9.79. The number of aliphatic hydroxyl groups is 2. The molecule has 13 heteroatoms. The smallest absolute Gasteiger partial charge is 0.410 e. The Labute approximate surface area is 246 Å². The van der Waals surface area contributed by atoms with Crippen LogP contribution in [-0.4, -0.2) is 85.6 Å². The summed E-state index contributed by atoms with van der Waals surface area (Å²) < 4.78 is 14.5. The SMILES string of the molecule is C=CCOC(=O)C1=C(S[C@H]2C[C@@H](C(O)c3n4ccsc4c[n+]3C)N(C(=O)OCC=C)C2)[C@H](C)[C@@H]2[C@@H]([C@@H](C)O)C(=O)N12. The van der Waals surface area contributed by atoms with Gasteiger partial charge in [0.1, 0.15) is 31.3 Å². The van der Waals surface area contributed by atoms with Gasteiger partial charge in [-0.25, -0.2) is 14.2 Å². The second kappa shape index (κ2) is 11.6. The minimum atomic E-state index is -1.02. The van der Waals surface area contributed by atoms with Crippen LogP contribution in [0, 0.1) is 11.8 Å². The summed E-state index contributed by atoms with van der Waals surface area (Å²) in [5, 5.41) is 23.6. The first-order valence-corrected chi connectivity index (χ1v) is 15.2. The zero-order valence-electron chi connectivity index (χ0n) is 23.2. The maximum Gasteiger partial charge on any atom is 0.410 e. The van der Waals surface area contributed by atoms with Crippen LogP contribution >= 0.6 is 23.1 Å². The average molecular weight is 604 g/mol. The van der Waals surface area contributed by atoms with Gasteiger partial charge in [0, 0.05) is 28.0 Å². The van der Waals surface area contributed by atoms with Crippen LogP contribution in [0.3, 0.4) is 0 Å². The first-order valence-electron chi connectivity index (χ1n) is 13.5. The summed E-state index contributed by atoms with van der Waals surface area (Å²) in [6.45, 7) is 11.0. The van der Waals surface area contributed by atoms with E-state index in [9.17, 15) is 24.6 Å². The van der Waals surface area contributed by atoms with Gasteiger partial charge in [0.05, 0.1) is 31.2 Å². The number of fused-ring (bicyclic) bond motifs is 2. The molecule has 0 aromatic carbocycles. The van der Waals surface area contributed by atoms with Crippen molar-refractivity contribution in [2.45, 2.75) is 49.8 Å². The molecule has 41 heavy (non-hydrogen) atoms. The Morgan fingerprint density at radius 1 is 1.27 bits per heavy atom. The predicted molar refractivity (Wildman–Crippen MR) is 153 cm³/mol. The van der Waals surface area contributed by atoms with Gasteiger partial charge in [-0.15, -0.1) is 11.8 Å². The number of imidazole rings is 1. The number of esters is 1. The van der Waals surface area contributed by atoms with Crippen LogP contribution in [0.1, 0.15) is 32.2 Å². The van der Waals surface area contributed by atoms with E-state index in [-0.39, 0.29) is 48.6 Å². The van der Waals surface area contributed by atoms with Gasteiger partial charge in [-0.2, -0.15) is 4.40 Å². The van der Waals surface area contributed by atoms with Gasteiger partial charge >= 0.3 is 12.1 Å². The van der Waals surface area contributed by atoms with E-state index < -0.39 is 36.2 Å². The molecule has 2 amide bonds. The summed E-state index contributed by atoms with van der Waals surface area (Å²) in [5.74, 6) is -1.15. The van der Waals surface area contributed by atoms with Gasteiger partial charge in [-0.05, 0) is 13.3 Å². The van der Waals surface area contributed by atoms with Gasteiger partial charge in [0.25, 0.3) is 5.82 Å². The molecular formula is C28H35N4O7S2+. The van der Waals surface area contributed by atoms with Crippen LogP contribution in [0.15, 0.2) is 53.7 Å². The summed E-state index contributed by atoms with van der Waals surface area (Å²) >= 11 is 2.96. The summed E-state index contributed by atoms with van der Waals surface area (Å²) in [6, 6.07) is -0.967. The van der Waals surface area contributed by atoms with E-state index in [4.69, 9.17) is 9.47 Å². The van der Waals surface area contributed by atoms with E-state index in [0.29, 0.717) is 17.2 Å². The predicted octanol–water partition coefficient (Wildman–Crippen LogP) is 2.16. The molecule has 0 aliphatic carbocycles.